The standard InChI is InChI=1S/C12H23N3O2/c1-4-13-10-7-5-6-8-15(12(10)17)9-11(16)14(2)3/h10,13H,4-9H2,1-3H3. The lowest BCUT2D eigenvalue weighted by molar-refractivity contribution is -0.140. The molecule has 1 aliphatic rings. The number of hydrogen-bond acceptors (Lipinski definition) is 3. The van der Waals surface area contributed by atoms with Crippen molar-refractivity contribution in [2.45, 2.75) is 32.2 Å². The van der Waals surface area contributed by atoms with Crippen molar-refractivity contribution in [1.29, 1.82) is 0 Å². The van der Waals surface area contributed by atoms with Gasteiger partial charge in [0.05, 0.1) is 12.6 Å². The Morgan fingerprint density at radius 3 is 2.76 bits per heavy atom. The molecule has 98 valence electrons. The second kappa shape index (κ2) is 6.59. The van der Waals surface area contributed by atoms with Crippen LogP contribution in [0.4, 0.5) is 0 Å². The Balaban J connectivity index is 2.62. The van der Waals surface area contributed by atoms with E-state index in [2.05, 4.69) is 5.32 Å². The van der Waals surface area contributed by atoms with Crippen LogP contribution in [0.25, 0.3) is 0 Å². The van der Waals surface area contributed by atoms with E-state index in [0.29, 0.717) is 6.54 Å². The molecule has 1 N–H and O–H groups in total. The summed E-state index contributed by atoms with van der Waals surface area (Å²) in [6, 6.07) is -0.113. The number of carbonyl (C=O) groups is 2. The van der Waals surface area contributed by atoms with Crippen LogP contribution in [0, 0.1) is 0 Å². The zero-order valence-electron chi connectivity index (χ0n) is 11.0. The highest BCUT2D eigenvalue weighted by Gasteiger charge is 2.27. The summed E-state index contributed by atoms with van der Waals surface area (Å²) < 4.78 is 0. The van der Waals surface area contributed by atoms with Gasteiger partial charge in [0.1, 0.15) is 0 Å². The Labute approximate surface area is 103 Å². The van der Waals surface area contributed by atoms with Gasteiger partial charge in [0.15, 0.2) is 0 Å². The van der Waals surface area contributed by atoms with Crippen molar-refractivity contribution in [1.82, 2.24) is 15.1 Å². The highest BCUT2D eigenvalue weighted by Crippen LogP contribution is 2.12. The summed E-state index contributed by atoms with van der Waals surface area (Å²) >= 11 is 0. The number of likely N-dealkylation sites (tertiary alicyclic amines) is 1. The van der Waals surface area contributed by atoms with Gasteiger partial charge in [0, 0.05) is 20.6 Å². The molecule has 1 rings (SSSR count). The van der Waals surface area contributed by atoms with Gasteiger partial charge in [0.25, 0.3) is 0 Å². The van der Waals surface area contributed by atoms with E-state index in [9.17, 15) is 9.59 Å². The van der Waals surface area contributed by atoms with Crippen molar-refractivity contribution in [2.75, 3.05) is 33.7 Å². The van der Waals surface area contributed by atoms with Crippen molar-refractivity contribution in [2.24, 2.45) is 0 Å². The summed E-state index contributed by atoms with van der Waals surface area (Å²) in [7, 11) is 3.43. The molecule has 0 aliphatic carbocycles. The molecule has 1 unspecified atom stereocenters. The molecule has 5 nitrogen and oxygen atoms in total. The Bertz CT molecular complexity index is 279. The molecule has 0 aromatic carbocycles. The molecule has 17 heavy (non-hydrogen) atoms. The maximum absolute atomic E-state index is 12.2. The van der Waals surface area contributed by atoms with Gasteiger partial charge in [-0.1, -0.05) is 6.92 Å². The lowest BCUT2D eigenvalue weighted by Gasteiger charge is -2.25. The fraction of sp³-hybridized carbons (Fsp3) is 0.833. The highest BCUT2D eigenvalue weighted by atomic mass is 16.2. The van der Waals surface area contributed by atoms with E-state index < -0.39 is 0 Å². The molecule has 0 bridgehead atoms. The Morgan fingerprint density at radius 2 is 2.18 bits per heavy atom. The van der Waals surface area contributed by atoms with Crippen LogP contribution >= 0.6 is 0 Å². The first-order valence-corrected chi connectivity index (χ1v) is 6.28. The Morgan fingerprint density at radius 1 is 1.47 bits per heavy atom. The lowest BCUT2D eigenvalue weighted by atomic mass is 10.1. The number of likely N-dealkylation sites (N-methyl/N-ethyl adjacent to an activating group) is 2. The molecule has 0 radical (unpaired) electrons. The molecule has 1 saturated heterocycles. The van der Waals surface area contributed by atoms with Gasteiger partial charge in [-0.2, -0.15) is 0 Å². The Hall–Kier alpha value is -1.10. The predicted octanol–water partition coefficient (Wildman–Crippen LogP) is 0.0652. The van der Waals surface area contributed by atoms with Gasteiger partial charge in [0.2, 0.25) is 11.8 Å². The molecule has 1 fully saturated rings. The second-order valence-electron chi connectivity index (χ2n) is 4.65. The maximum atomic E-state index is 12.2. The van der Waals surface area contributed by atoms with E-state index >= 15 is 0 Å². The third-order valence-corrected chi connectivity index (χ3v) is 3.06. The highest BCUT2D eigenvalue weighted by molar-refractivity contribution is 5.87. The molecule has 1 aliphatic heterocycles. The first kappa shape index (κ1) is 14.0. The number of nitrogens with one attached hydrogen (secondary N) is 1. The molecule has 0 saturated carbocycles. The molecule has 5 heteroatoms. The van der Waals surface area contributed by atoms with Crippen molar-refractivity contribution in [3.05, 3.63) is 0 Å². The van der Waals surface area contributed by atoms with Crippen LogP contribution in [0.2, 0.25) is 0 Å². The monoisotopic (exact) mass is 241 g/mol. The van der Waals surface area contributed by atoms with E-state index in [4.69, 9.17) is 0 Å². The quantitative estimate of drug-likeness (QED) is 0.757. The lowest BCUT2D eigenvalue weighted by Crippen LogP contribution is -2.48. The summed E-state index contributed by atoms with van der Waals surface area (Å²) in [5.41, 5.74) is 0. The normalized spacial score (nSPS) is 21.2. The molecular weight excluding hydrogens is 218 g/mol. The van der Waals surface area contributed by atoms with Crippen molar-refractivity contribution < 1.29 is 9.59 Å². The maximum Gasteiger partial charge on any atom is 0.241 e. The molecule has 1 atom stereocenters. The minimum Gasteiger partial charge on any atom is -0.347 e. The first-order chi connectivity index (χ1) is 8.06. The fourth-order valence-corrected chi connectivity index (χ4v) is 2.00. The van der Waals surface area contributed by atoms with Gasteiger partial charge in [-0.15, -0.1) is 0 Å². The molecule has 2 amide bonds. The first-order valence-electron chi connectivity index (χ1n) is 6.28. The van der Waals surface area contributed by atoms with Crippen LogP contribution < -0.4 is 5.32 Å². The molecule has 1 heterocycles. The van der Waals surface area contributed by atoms with Crippen LogP contribution in [0.15, 0.2) is 0 Å². The fourth-order valence-electron chi connectivity index (χ4n) is 2.00. The second-order valence-corrected chi connectivity index (χ2v) is 4.65. The third kappa shape index (κ3) is 4.00. The zero-order chi connectivity index (χ0) is 12.8. The average molecular weight is 241 g/mol. The molecule has 0 spiro atoms. The topological polar surface area (TPSA) is 52.7 Å². The van der Waals surface area contributed by atoms with Crippen LogP contribution in [0.5, 0.6) is 0 Å². The van der Waals surface area contributed by atoms with Crippen LogP contribution in [-0.4, -0.2) is 61.4 Å². The van der Waals surface area contributed by atoms with E-state index in [0.717, 1.165) is 25.8 Å². The minimum absolute atomic E-state index is 0.0181. The SMILES string of the molecule is CCNC1CCCCN(CC(=O)N(C)C)C1=O. The van der Waals surface area contributed by atoms with E-state index in [1.165, 1.54) is 4.90 Å². The van der Waals surface area contributed by atoms with Crippen LogP contribution in [-0.2, 0) is 9.59 Å². The average Bonchev–Trinajstić information content (AvgIpc) is 2.44. The van der Waals surface area contributed by atoms with Crippen LogP contribution in [0.1, 0.15) is 26.2 Å². The van der Waals surface area contributed by atoms with Gasteiger partial charge >= 0.3 is 0 Å². The summed E-state index contributed by atoms with van der Waals surface area (Å²) in [4.78, 5) is 27.0. The van der Waals surface area contributed by atoms with Gasteiger partial charge in [-0.25, -0.2) is 0 Å². The van der Waals surface area contributed by atoms with Gasteiger partial charge < -0.3 is 15.1 Å². The number of amides is 2. The number of rotatable bonds is 4. The number of nitrogens with zero attached hydrogens (tertiary/aromatic N) is 2. The minimum atomic E-state index is -0.113. The summed E-state index contributed by atoms with van der Waals surface area (Å²) in [5, 5.41) is 3.19. The molecule has 0 aromatic rings. The van der Waals surface area contributed by atoms with Gasteiger partial charge in [-0.05, 0) is 25.8 Å². The third-order valence-electron chi connectivity index (χ3n) is 3.06. The molecular formula is C12H23N3O2. The summed E-state index contributed by atoms with van der Waals surface area (Å²) in [6.07, 6.45) is 2.89. The number of hydrogen-bond donors (Lipinski definition) is 1. The van der Waals surface area contributed by atoms with E-state index in [1.54, 1.807) is 19.0 Å². The van der Waals surface area contributed by atoms with Crippen molar-refractivity contribution in [3.63, 3.8) is 0 Å². The predicted molar refractivity (Wildman–Crippen MR) is 66.6 cm³/mol. The smallest absolute Gasteiger partial charge is 0.241 e. The summed E-state index contributed by atoms with van der Waals surface area (Å²) in [5.74, 6) is 0.0510. The van der Waals surface area contributed by atoms with Gasteiger partial charge in [-0.3, -0.25) is 9.59 Å². The van der Waals surface area contributed by atoms with E-state index in [-0.39, 0.29) is 24.4 Å². The number of carbonyl (C=O) groups excluding carboxylic acids is 2. The van der Waals surface area contributed by atoms with Crippen LogP contribution in [0.3, 0.4) is 0 Å². The van der Waals surface area contributed by atoms with Crippen molar-refractivity contribution >= 4 is 11.8 Å². The Kier molecular flexibility index (Phi) is 5.41. The molecule has 0 aromatic heterocycles. The van der Waals surface area contributed by atoms with Crippen molar-refractivity contribution in [3.8, 4) is 0 Å². The van der Waals surface area contributed by atoms with E-state index in [1.807, 2.05) is 6.92 Å². The largest absolute Gasteiger partial charge is 0.347 e. The summed E-state index contributed by atoms with van der Waals surface area (Å²) in [6.45, 7) is 3.67. The zero-order valence-corrected chi connectivity index (χ0v) is 11.0.